The smallest absolute Gasteiger partial charge is 0.267 e. The van der Waals surface area contributed by atoms with Crippen LogP contribution in [0.4, 0.5) is 5.69 Å². The zero-order valence-electron chi connectivity index (χ0n) is 17.9. The first-order chi connectivity index (χ1) is 15.2. The molecule has 2 aliphatic carbocycles. The zero-order chi connectivity index (χ0) is 22.9. The maximum absolute atomic E-state index is 12.9. The van der Waals surface area contributed by atoms with Crippen molar-refractivity contribution >= 4 is 38.4 Å². The average Bonchev–Trinajstić information content (AvgIpc) is 3.41. The van der Waals surface area contributed by atoms with Crippen molar-refractivity contribution in [3.63, 3.8) is 0 Å². The van der Waals surface area contributed by atoms with Crippen molar-refractivity contribution in [2.75, 3.05) is 17.5 Å². The highest BCUT2D eigenvalue weighted by Crippen LogP contribution is 2.44. The average molecular weight is 458 g/mol. The highest BCUT2D eigenvalue weighted by Gasteiger charge is 2.44. The normalized spacial score (nSPS) is 22.0. The topological polar surface area (TPSA) is 144 Å². The first-order valence-corrected chi connectivity index (χ1v) is 12.7. The Morgan fingerprint density at radius 1 is 1.22 bits per heavy atom. The van der Waals surface area contributed by atoms with Gasteiger partial charge in [-0.1, -0.05) is 18.9 Å². The van der Waals surface area contributed by atoms with Crippen molar-refractivity contribution in [2.45, 2.75) is 44.6 Å². The predicted molar refractivity (Wildman–Crippen MR) is 120 cm³/mol. The van der Waals surface area contributed by atoms with Crippen molar-refractivity contribution in [3.8, 4) is 6.07 Å². The predicted octanol–water partition coefficient (Wildman–Crippen LogP) is 2.25. The van der Waals surface area contributed by atoms with E-state index in [4.69, 9.17) is 0 Å². The minimum atomic E-state index is -3.40. The Hall–Kier alpha value is -3.06. The minimum Gasteiger partial charge on any atom is -0.354 e. The highest BCUT2D eigenvalue weighted by molar-refractivity contribution is 7.92. The lowest BCUT2D eigenvalue weighted by Crippen LogP contribution is -2.49. The molecule has 4 rings (SSSR count). The van der Waals surface area contributed by atoms with Gasteiger partial charge in [-0.15, -0.1) is 0 Å². The lowest BCUT2D eigenvalue weighted by molar-refractivity contribution is -0.126. The molecule has 4 N–H and O–H groups in total. The SMILES string of the molecule is CS(=O)(=O)Nc1ccc2cc(C(=O)N[C@H]3CCCC[C@H]3C(=O)NCC3(C#N)CC3)[nH]c2c1. The Kier molecular flexibility index (Phi) is 5.86. The van der Waals surface area contributed by atoms with Gasteiger partial charge in [0.2, 0.25) is 15.9 Å². The Bertz CT molecular complexity index is 1190. The number of anilines is 1. The van der Waals surface area contributed by atoms with Gasteiger partial charge in [0, 0.05) is 23.5 Å². The van der Waals surface area contributed by atoms with Crippen LogP contribution in [0.5, 0.6) is 0 Å². The number of aromatic amines is 1. The van der Waals surface area contributed by atoms with Crippen molar-refractivity contribution in [1.82, 2.24) is 15.6 Å². The number of nitriles is 1. The molecule has 0 spiro atoms. The maximum Gasteiger partial charge on any atom is 0.267 e. The molecule has 9 nitrogen and oxygen atoms in total. The number of fused-ring (bicyclic) bond motifs is 1. The number of hydrogen-bond donors (Lipinski definition) is 4. The van der Waals surface area contributed by atoms with Crippen LogP contribution in [-0.4, -0.2) is 44.1 Å². The number of amides is 2. The fourth-order valence-corrected chi connectivity index (χ4v) is 4.81. The summed E-state index contributed by atoms with van der Waals surface area (Å²) in [5.41, 5.74) is 0.984. The lowest BCUT2D eigenvalue weighted by Gasteiger charge is -2.31. The van der Waals surface area contributed by atoms with Gasteiger partial charge in [0.05, 0.1) is 29.3 Å². The van der Waals surface area contributed by atoms with Crippen LogP contribution in [0.25, 0.3) is 10.9 Å². The molecule has 0 unspecified atom stereocenters. The van der Waals surface area contributed by atoms with Crippen molar-refractivity contribution < 1.29 is 18.0 Å². The number of aromatic nitrogens is 1. The van der Waals surface area contributed by atoms with E-state index in [9.17, 15) is 23.3 Å². The van der Waals surface area contributed by atoms with Crippen molar-refractivity contribution in [1.29, 1.82) is 5.26 Å². The molecule has 10 heteroatoms. The number of carbonyl (C=O) groups excluding carboxylic acids is 2. The number of benzene rings is 1. The Labute approximate surface area is 187 Å². The molecule has 0 aliphatic heterocycles. The van der Waals surface area contributed by atoms with Gasteiger partial charge in [-0.25, -0.2) is 8.42 Å². The molecule has 0 bridgehead atoms. The summed E-state index contributed by atoms with van der Waals surface area (Å²) in [6, 6.07) is 8.70. The molecule has 2 aromatic rings. The standard InChI is InChI=1S/C22H27N5O4S/c1-32(30,31)27-15-7-6-14-10-19(25-18(14)11-15)21(29)26-17-5-3-2-4-16(17)20(28)24-13-22(12-23)8-9-22/h6-7,10-11,16-17,25,27H,2-5,8-9,13H2,1H3,(H,24,28)(H,26,29)/t16-,17+/m1/s1. The highest BCUT2D eigenvalue weighted by atomic mass is 32.2. The summed E-state index contributed by atoms with van der Waals surface area (Å²) in [5.74, 6) is -0.735. The number of hydrogen-bond acceptors (Lipinski definition) is 5. The Morgan fingerprint density at radius 2 is 1.97 bits per heavy atom. The van der Waals surface area contributed by atoms with Crippen LogP contribution in [0.3, 0.4) is 0 Å². The third-order valence-corrected chi connectivity index (χ3v) is 6.89. The van der Waals surface area contributed by atoms with E-state index < -0.39 is 15.4 Å². The first-order valence-electron chi connectivity index (χ1n) is 10.8. The van der Waals surface area contributed by atoms with E-state index in [1.54, 1.807) is 24.3 Å². The third kappa shape index (κ3) is 5.05. The molecule has 2 saturated carbocycles. The second kappa shape index (κ2) is 8.47. The summed E-state index contributed by atoms with van der Waals surface area (Å²) >= 11 is 0. The molecule has 1 heterocycles. The molecule has 1 aromatic heterocycles. The number of nitrogens with one attached hydrogen (secondary N) is 4. The molecule has 2 amide bonds. The zero-order valence-corrected chi connectivity index (χ0v) is 18.7. The second-order valence-electron chi connectivity index (χ2n) is 8.94. The van der Waals surface area contributed by atoms with Crippen LogP contribution in [0, 0.1) is 22.7 Å². The molecule has 2 aliphatic rings. The number of rotatable bonds is 7. The van der Waals surface area contributed by atoms with E-state index in [0.717, 1.165) is 43.7 Å². The van der Waals surface area contributed by atoms with Gasteiger partial charge in [-0.3, -0.25) is 14.3 Å². The van der Waals surface area contributed by atoms with Gasteiger partial charge < -0.3 is 15.6 Å². The summed E-state index contributed by atoms with van der Waals surface area (Å²) < 4.78 is 25.3. The third-order valence-electron chi connectivity index (χ3n) is 6.28. The molecule has 32 heavy (non-hydrogen) atoms. The van der Waals surface area contributed by atoms with Crippen LogP contribution in [-0.2, 0) is 14.8 Å². The van der Waals surface area contributed by atoms with Gasteiger partial charge in [0.1, 0.15) is 5.69 Å². The largest absolute Gasteiger partial charge is 0.354 e. The van der Waals surface area contributed by atoms with Crippen LogP contribution >= 0.6 is 0 Å². The molecule has 2 fully saturated rings. The fraction of sp³-hybridized carbons (Fsp3) is 0.500. The Balaban J connectivity index is 1.43. The lowest BCUT2D eigenvalue weighted by atomic mass is 9.83. The van der Waals surface area contributed by atoms with Crippen molar-refractivity contribution in [2.24, 2.45) is 11.3 Å². The molecular weight excluding hydrogens is 430 g/mol. The summed E-state index contributed by atoms with van der Waals surface area (Å²) in [4.78, 5) is 28.7. The van der Waals surface area contributed by atoms with Gasteiger partial charge in [0.25, 0.3) is 5.91 Å². The quantitative estimate of drug-likeness (QED) is 0.504. The van der Waals surface area contributed by atoms with E-state index >= 15 is 0 Å². The number of nitrogens with zero attached hydrogens (tertiary/aromatic N) is 1. The molecule has 2 atom stereocenters. The van der Waals surface area contributed by atoms with E-state index in [-0.39, 0.29) is 23.8 Å². The van der Waals surface area contributed by atoms with Gasteiger partial charge >= 0.3 is 0 Å². The van der Waals surface area contributed by atoms with Crippen molar-refractivity contribution in [3.05, 3.63) is 30.0 Å². The van der Waals surface area contributed by atoms with Gasteiger partial charge in [-0.05, 0) is 43.9 Å². The summed E-state index contributed by atoms with van der Waals surface area (Å²) in [5, 5.41) is 15.9. The number of sulfonamides is 1. The Morgan fingerprint density at radius 3 is 2.66 bits per heavy atom. The van der Waals surface area contributed by atoms with Crippen LogP contribution in [0.2, 0.25) is 0 Å². The van der Waals surface area contributed by atoms with Crippen LogP contribution in [0.15, 0.2) is 24.3 Å². The van der Waals surface area contributed by atoms with E-state index in [1.807, 2.05) is 0 Å². The minimum absolute atomic E-state index is 0.107. The van der Waals surface area contributed by atoms with E-state index in [2.05, 4.69) is 26.4 Å². The number of carbonyl (C=O) groups is 2. The molecule has 1 aromatic carbocycles. The summed E-state index contributed by atoms with van der Waals surface area (Å²) in [6.45, 7) is 0.366. The van der Waals surface area contributed by atoms with Gasteiger partial charge in [0.15, 0.2) is 0 Å². The molecule has 0 saturated heterocycles. The van der Waals surface area contributed by atoms with Crippen LogP contribution < -0.4 is 15.4 Å². The second-order valence-corrected chi connectivity index (χ2v) is 10.7. The van der Waals surface area contributed by atoms with Gasteiger partial charge in [-0.2, -0.15) is 5.26 Å². The molecule has 0 radical (unpaired) electrons. The van der Waals surface area contributed by atoms with E-state index in [1.165, 1.54) is 0 Å². The van der Waals surface area contributed by atoms with Crippen LogP contribution in [0.1, 0.15) is 49.0 Å². The molecule has 170 valence electrons. The van der Waals surface area contributed by atoms with E-state index in [0.29, 0.717) is 29.9 Å². The fourth-order valence-electron chi connectivity index (χ4n) is 4.26. The molecular formula is C22H27N5O4S. The summed E-state index contributed by atoms with van der Waals surface area (Å²) in [6.07, 6.45) is 5.99. The maximum atomic E-state index is 12.9. The number of H-pyrrole nitrogens is 1. The summed E-state index contributed by atoms with van der Waals surface area (Å²) in [7, 11) is -3.40. The first kappa shape index (κ1) is 22.1. The monoisotopic (exact) mass is 457 g/mol.